The Bertz CT molecular complexity index is 763. The van der Waals surface area contributed by atoms with Crippen LogP contribution in [0.4, 0.5) is 5.69 Å². The van der Waals surface area contributed by atoms with Gasteiger partial charge < -0.3 is 19.1 Å². The number of benzene rings is 1. The molecule has 2 aromatic rings. The third-order valence-corrected chi connectivity index (χ3v) is 6.14. The van der Waals surface area contributed by atoms with E-state index in [2.05, 4.69) is 34.8 Å². The van der Waals surface area contributed by atoms with Crippen LogP contribution in [-0.4, -0.2) is 53.8 Å². The number of nitrogens with zero attached hydrogens (tertiary/aromatic N) is 3. The Labute approximate surface area is 175 Å². The van der Waals surface area contributed by atoms with Gasteiger partial charge in [-0.15, -0.1) is 0 Å². The van der Waals surface area contributed by atoms with Crippen LogP contribution in [0.2, 0.25) is 0 Å². The maximum absolute atomic E-state index is 13.0. The molecular weight excluding hydrogens is 362 g/mol. The zero-order valence-electron chi connectivity index (χ0n) is 18.1. The van der Waals surface area contributed by atoms with Crippen molar-refractivity contribution < 1.29 is 9.53 Å². The van der Waals surface area contributed by atoms with Crippen molar-refractivity contribution in [3.05, 3.63) is 54.4 Å². The number of piperidine rings is 1. The van der Waals surface area contributed by atoms with Crippen molar-refractivity contribution in [1.29, 1.82) is 0 Å². The number of hydrogen-bond acceptors (Lipinski definition) is 3. The van der Waals surface area contributed by atoms with E-state index in [4.69, 9.17) is 4.74 Å². The van der Waals surface area contributed by atoms with Gasteiger partial charge in [0.1, 0.15) is 0 Å². The maximum atomic E-state index is 13.0. The molecule has 1 fully saturated rings. The summed E-state index contributed by atoms with van der Waals surface area (Å²) in [5.41, 5.74) is 2.07. The molecule has 3 rings (SSSR count). The zero-order valence-corrected chi connectivity index (χ0v) is 18.1. The molecule has 0 radical (unpaired) electrons. The van der Waals surface area contributed by atoms with Crippen LogP contribution in [-0.2, 0) is 23.0 Å². The Kier molecular flexibility index (Phi) is 7.51. The molecule has 1 amide bonds. The summed E-state index contributed by atoms with van der Waals surface area (Å²) >= 11 is 0. The van der Waals surface area contributed by atoms with Crippen molar-refractivity contribution in [1.82, 2.24) is 9.47 Å². The smallest absolute Gasteiger partial charge is 0.227 e. The van der Waals surface area contributed by atoms with Crippen LogP contribution in [0.5, 0.6) is 0 Å². The average molecular weight is 398 g/mol. The average Bonchev–Trinajstić information content (AvgIpc) is 3.17. The number of amides is 1. The fraction of sp³-hybridized carbons (Fsp3) is 0.542. The first-order valence-corrected chi connectivity index (χ1v) is 10.9. The Morgan fingerprint density at radius 2 is 1.83 bits per heavy atom. The van der Waals surface area contributed by atoms with Gasteiger partial charge in [-0.25, -0.2) is 0 Å². The summed E-state index contributed by atoms with van der Waals surface area (Å²) in [6, 6.07) is 14.4. The Morgan fingerprint density at radius 1 is 1.10 bits per heavy atom. The van der Waals surface area contributed by atoms with Gasteiger partial charge in [0.05, 0.1) is 12.1 Å². The van der Waals surface area contributed by atoms with Gasteiger partial charge in [0.2, 0.25) is 5.91 Å². The molecule has 1 saturated heterocycles. The summed E-state index contributed by atoms with van der Waals surface area (Å²) in [5.74, 6) is 0.174. The SMILES string of the molecule is CCOCC1(N(C(=O)CC)c2ccccc2)CCN(CCc2cccn2C)CC1. The molecule has 1 aliphatic rings. The standard InChI is InChI=1S/C24H35N3O2/c1-4-23(28)27(22-10-7-6-8-11-22)24(20-29-5-2)14-18-26(19-15-24)17-13-21-12-9-16-25(21)3/h6-12,16H,4-5,13-15,17-20H2,1-3H3. The van der Waals surface area contributed by atoms with E-state index in [9.17, 15) is 4.79 Å². The van der Waals surface area contributed by atoms with E-state index in [1.165, 1.54) is 5.69 Å². The van der Waals surface area contributed by atoms with E-state index in [-0.39, 0.29) is 11.4 Å². The second kappa shape index (κ2) is 10.1. The van der Waals surface area contributed by atoms with Crippen LogP contribution in [0, 0.1) is 0 Å². The summed E-state index contributed by atoms with van der Waals surface area (Å²) in [4.78, 5) is 17.6. The number of aromatic nitrogens is 1. The van der Waals surface area contributed by atoms with Gasteiger partial charge >= 0.3 is 0 Å². The first-order valence-electron chi connectivity index (χ1n) is 10.9. The first-order chi connectivity index (χ1) is 14.1. The lowest BCUT2D eigenvalue weighted by atomic mass is 9.85. The Balaban J connectivity index is 1.74. The highest BCUT2D eigenvalue weighted by Crippen LogP contribution is 2.34. The lowest BCUT2D eigenvalue weighted by molar-refractivity contribution is -0.120. The van der Waals surface area contributed by atoms with E-state index in [0.29, 0.717) is 19.6 Å². The summed E-state index contributed by atoms with van der Waals surface area (Å²) in [6.07, 6.45) is 5.52. The summed E-state index contributed by atoms with van der Waals surface area (Å²) in [6.45, 7) is 8.25. The Hall–Kier alpha value is -2.11. The number of carbonyl (C=O) groups excluding carboxylic acids is 1. The van der Waals surface area contributed by atoms with Crippen molar-refractivity contribution in [3.63, 3.8) is 0 Å². The minimum absolute atomic E-state index is 0.174. The molecule has 0 unspecified atom stereocenters. The fourth-order valence-electron chi connectivity index (χ4n) is 4.36. The second-order valence-electron chi connectivity index (χ2n) is 7.98. The molecule has 0 N–H and O–H groups in total. The third-order valence-electron chi connectivity index (χ3n) is 6.14. The fourth-order valence-corrected chi connectivity index (χ4v) is 4.36. The van der Waals surface area contributed by atoms with Gasteiger partial charge in [-0.3, -0.25) is 4.79 Å². The van der Waals surface area contributed by atoms with Gasteiger partial charge in [0.15, 0.2) is 0 Å². The number of carbonyl (C=O) groups is 1. The number of ether oxygens (including phenoxy) is 1. The summed E-state index contributed by atoms with van der Waals surface area (Å²) in [7, 11) is 2.10. The van der Waals surface area contributed by atoms with Crippen LogP contribution < -0.4 is 4.90 Å². The molecule has 2 heterocycles. The lowest BCUT2D eigenvalue weighted by Gasteiger charge is -2.48. The predicted octanol–water partition coefficient (Wildman–Crippen LogP) is 3.88. The molecule has 0 spiro atoms. The van der Waals surface area contributed by atoms with Gasteiger partial charge in [0.25, 0.3) is 0 Å². The van der Waals surface area contributed by atoms with Crippen LogP contribution in [0.25, 0.3) is 0 Å². The van der Waals surface area contributed by atoms with E-state index in [1.807, 2.05) is 49.1 Å². The zero-order chi connectivity index (χ0) is 20.7. The van der Waals surface area contributed by atoms with Gasteiger partial charge in [-0.2, -0.15) is 0 Å². The summed E-state index contributed by atoms with van der Waals surface area (Å²) in [5, 5.41) is 0. The molecule has 0 saturated carbocycles. The molecule has 29 heavy (non-hydrogen) atoms. The minimum atomic E-state index is -0.272. The highest BCUT2D eigenvalue weighted by atomic mass is 16.5. The van der Waals surface area contributed by atoms with E-state index in [0.717, 1.165) is 44.6 Å². The molecule has 1 aromatic carbocycles. The van der Waals surface area contributed by atoms with Crippen molar-refractivity contribution in [2.24, 2.45) is 7.05 Å². The topological polar surface area (TPSA) is 37.7 Å². The highest BCUT2D eigenvalue weighted by molar-refractivity contribution is 5.94. The third kappa shape index (κ3) is 5.09. The molecule has 158 valence electrons. The van der Waals surface area contributed by atoms with Gasteiger partial charge in [0, 0.05) is 63.7 Å². The quantitative estimate of drug-likeness (QED) is 0.644. The number of para-hydroxylation sites is 1. The molecule has 1 aromatic heterocycles. The molecule has 5 nitrogen and oxygen atoms in total. The summed E-state index contributed by atoms with van der Waals surface area (Å²) < 4.78 is 8.12. The number of likely N-dealkylation sites (tertiary alicyclic amines) is 1. The van der Waals surface area contributed by atoms with Gasteiger partial charge in [-0.1, -0.05) is 25.1 Å². The first kappa shape index (κ1) is 21.6. The minimum Gasteiger partial charge on any atom is -0.379 e. The largest absolute Gasteiger partial charge is 0.379 e. The van der Waals surface area contributed by atoms with E-state index >= 15 is 0 Å². The van der Waals surface area contributed by atoms with E-state index in [1.54, 1.807) is 0 Å². The number of aryl methyl sites for hydroxylation is 1. The number of anilines is 1. The Morgan fingerprint density at radius 3 is 2.41 bits per heavy atom. The second-order valence-corrected chi connectivity index (χ2v) is 7.98. The lowest BCUT2D eigenvalue weighted by Crippen LogP contribution is -2.60. The molecule has 0 atom stereocenters. The van der Waals surface area contributed by atoms with E-state index < -0.39 is 0 Å². The van der Waals surface area contributed by atoms with Crippen molar-refractivity contribution in [2.45, 2.75) is 45.1 Å². The predicted molar refractivity (Wildman–Crippen MR) is 118 cm³/mol. The normalized spacial score (nSPS) is 16.7. The highest BCUT2D eigenvalue weighted by Gasteiger charge is 2.43. The van der Waals surface area contributed by atoms with Crippen LogP contribution in [0.3, 0.4) is 0 Å². The van der Waals surface area contributed by atoms with Gasteiger partial charge in [-0.05, 0) is 44.0 Å². The van der Waals surface area contributed by atoms with Crippen molar-refractivity contribution in [2.75, 3.05) is 37.7 Å². The molecular formula is C24H35N3O2. The maximum Gasteiger partial charge on any atom is 0.227 e. The molecule has 1 aliphatic heterocycles. The van der Waals surface area contributed by atoms with Crippen molar-refractivity contribution in [3.8, 4) is 0 Å². The van der Waals surface area contributed by atoms with Crippen LogP contribution in [0.1, 0.15) is 38.8 Å². The van der Waals surface area contributed by atoms with Crippen molar-refractivity contribution >= 4 is 11.6 Å². The number of hydrogen-bond donors (Lipinski definition) is 0. The molecule has 0 aliphatic carbocycles. The molecule has 0 bridgehead atoms. The van der Waals surface area contributed by atoms with Crippen LogP contribution in [0.15, 0.2) is 48.7 Å². The monoisotopic (exact) mass is 397 g/mol. The number of rotatable bonds is 9. The molecule has 5 heteroatoms. The van der Waals surface area contributed by atoms with Crippen LogP contribution >= 0.6 is 0 Å².